The van der Waals surface area contributed by atoms with Crippen molar-refractivity contribution in [1.29, 1.82) is 0 Å². The second kappa shape index (κ2) is 10.3. The van der Waals surface area contributed by atoms with Crippen LogP contribution >= 0.6 is 0 Å². The Bertz CT molecular complexity index is 942. The summed E-state index contributed by atoms with van der Waals surface area (Å²) in [6, 6.07) is 15.6. The largest absolute Gasteiger partial charge is 0.492 e. The molecular weight excluding hydrogens is 396 g/mol. The van der Waals surface area contributed by atoms with Gasteiger partial charge in [0.25, 0.3) is 0 Å². The molecule has 8 heteroatoms. The maximum absolute atomic E-state index is 10.5. The molecule has 1 N–H and O–H groups in total. The van der Waals surface area contributed by atoms with Gasteiger partial charge in [-0.25, -0.2) is 0 Å². The molecule has 2 aromatic carbocycles. The summed E-state index contributed by atoms with van der Waals surface area (Å²) in [7, 11) is 0. The molecule has 1 aliphatic heterocycles. The van der Waals surface area contributed by atoms with Crippen molar-refractivity contribution in [2.24, 2.45) is 0 Å². The second-order valence-electron chi connectivity index (χ2n) is 7.42. The summed E-state index contributed by atoms with van der Waals surface area (Å²) in [4.78, 5) is 4.61. The minimum absolute atomic E-state index is 0.223. The van der Waals surface area contributed by atoms with Crippen LogP contribution in [0.5, 0.6) is 11.5 Å². The number of rotatable bonds is 9. The normalized spacial score (nSPS) is 15.6. The number of β-amino-alcohol motifs (C(OH)–C–C–N with tert-alkyl or cyclic N) is 1. The Morgan fingerprint density at radius 1 is 1.06 bits per heavy atom. The lowest BCUT2D eigenvalue weighted by Crippen LogP contribution is -2.49. The van der Waals surface area contributed by atoms with Crippen molar-refractivity contribution in [2.45, 2.75) is 13.0 Å². The van der Waals surface area contributed by atoms with Crippen LogP contribution in [0, 0.1) is 0 Å². The molecule has 1 fully saturated rings. The molecule has 1 aliphatic rings. The molecule has 2 heterocycles. The Labute approximate surface area is 182 Å². The van der Waals surface area contributed by atoms with E-state index < -0.39 is 6.10 Å². The van der Waals surface area contributed by atoms with Gasteiger partial charge in [0.05, 0.1) is 12.3 Å². The molecule has 164 valence electrons. The molecule has 0 saturated carbocycles. The topological polar surface area (TPSA) is 84.1 Å². The van der Waals surface area contributed by atoms with Crippen LogP contribution in [0.4, 0.5) is 5.69 Å². The molecule has 0 aliphatic carbocycles. The van der Waals surface area contributed by atoms with Gasteiger partial charge in [-0.3, -0.25) is 4.90 Å². The number of aliphatic hydroxyl groups is 1. The fraction of sp³-hybridized carbons (Fsp3) is 0.391. The number of anilines is 1. The van der Waals surface area contributed by atoms with Gasteiger partial charge in [-0.05, 0) is 37.3 Å². The highest BCUT2D eigenvalue weighted by molar-refractivity contribution is 5.58. The van der Waals surface area contributed by atoms with Gasteiger partial charge in [0.1, 0.15) is 24.2 Å². The zero-order valence-corrected chi connectivity index (χ0v) is 17.7. The van der Waals surface area contributed by atoms with Gasteiger partial charge in [-0.15, -0.1) is 10.2 Å². The molecule has 0 radical (unpaired) electrons. The van der Waals surface area contributed by atoms with Crippen molar-refractivity contribution < 1.29 is 19.0 Å². The van der Waals surface area contributed by atoms with Crippen LogP contribution in [0.2, 0.25) is 0 Å². The van der Waals surface area contributed by atoms with Gasteiger partial charge >= 0.3 is 0 Å². The second-order valence-corrected chi connectivity index (χ2v) is 7.42. The molecule has 4 rings (SSSR count). The van der Waals surface area contributed by atoms with Crippen LogP contribution in [0.25, 0.3) is 11.5 Å². The zero-order valence-electron chi connectivity index (χ0n) is 17.7. The van der Waals surface area contributed by atoms with Crippen molar-refractivity contribution in [3.63, 3.8) is 0 Å². The maximum Gasteiger partial charge on any atom is 0.247 e. The van der Waals surface area contributed by atoms with Gasteiger partial charge in [0.15, 0.2) is 0 Å². The van der Waals surface area contributed by atoms with E-state index in [4.69, 9.17) is 13.9 Å². The predicted molar refractivity (Wildman–Crippen MR) is 117 cm³/mol. The lowest BCUT2D eigenvalue weighted by atomic mass is 10.2. The van der Waals surface area contributed by atoms with Crippen LogP contribution in [0.1, 0.15) is 6.92 Å². The number of hydrogen-bond acceptors (Lipinski definition) is 8. The Hall–Kier alpha value is -3.10. The van der Waals surface area contributed by atoms with Crippen LogP contribution in [-0.2, 0) is 0 Å². The highest BCUT2D eigenvalue weighted by atomic mass is 16.5. The summed E-state index contributed by atoms with van der Waals surface area (Å²) in [6.45, 7) is 6.99. The molecule has 1 atom stereocenters. The smallest absolute Gasteiger partial charge is 0.247 e. The third-order valence-corrected chi connectivity index (χ3v) is 5.23. The molecule has 1 saturated heterocycles. The number of nitrogens with zero attached hydrogens (tertiary/aromatic N) is 4. The summed E-state index contributed by atoms with van der Waals surface area (Å²) < 4.78 is 16.8. The first-order valence-electron chi connectivity index (χ1n) is 10.6. The first-order chi connectivity index (χ1) is 15.2. The Balaban J connectivity index is 1.24. The zero-order chi connectivity index (χ0) is 21.5. The van der Waals surface area contributed by atoms with Gasteiger partial charge in [-0.1, -0.05) is 18.2 Å². The van der Waals surface area contributed by atoms with Gasteiger partial charge in [0, 0.05) is 38.3 Å². The van der Waals surface area contributed by atoms with Crippen molar-refractivity contribution in [3.8, 4) is 23.0 Å². The van der Waals surface area contributed by atoms with Crippen LogP contribution in [0.15, 0.2) is 59.3 Å². The number of aliphatic hydroxyl groups excluding tert-OH is 1. The Morgan fingerprint density at radius 2 is 1.90 bits per heavy atom. The number of piperazine rings is 1. The number of para-hydroxylation sites is 2. The van der Waals surface area contributed by atoms with Gasteiger partial charge < -0.3 is 23.9 Å². The van der Waals surface area contributed by atoms with Crippen molar-refractivity contribution in [2.75, 3.05) is 50.8 Å². The van der Waals surface area contributed by atoms with Crippen molar-refractivity contribution in [3.05, 3.63) is 54.9 Å². The molecule has 0 amide bonds. The SMILES string of the molecule is CCOc1ccccc1N1CCN(CC(O)COc2cccc(-c3nnco3)c2)CC1. The molecule has 0 bridgehead atoms. The van der Waals surface area contributed by atoms with E-state index in [2.05, 4.69) is 26.1 Å². The van der Waals surface area contributed by atoms with E-state index in [0.717, 1.165) is 43.2 Å². The number of benzene rings is 2. The molecule has 0 spiro atoms. The fourth-order valence-corrected chi connectivity index (χ4v) is 3.73. The summed E-state index contributed by atoms with van der Waals surface area (Å²) in [6.07, 6.45) is 0.719. The summed E-state index contributed by atoms with van der Waals surface area (Å²) in [5, 5.41) is 18.1. The van der Waals surface area contributed by atoms with E-state index in [1.54, 1.807) is 0 Å². The van der Waals surface area contributed by atoms with E-state index in [1.165, 1.54) is 6.39 Å². The number of hydrogen-bond donors (Lipinski definition) is 1. The molecule has 31 heavy (non-hydrogen) atoms. The van der Waals surface area contributed by atoms with Gasteiger partial charge in [0.2, 0.25) is 12.3 Å². The molecule has 3 aromatic rings. The Morgan fingerprint density at radius 3 is 2.68 bits per heavy atom. The average Bonchev–Trinajstić information content (AvgIpc) is 3.34. The predicted octanol–water partition coefficient (Wildman–Crippen LogP) is 2.70. The van der Waals surface area contributed by atoms with Crippen molar-refractivity contribution in [1.82, 2.24) is 15.1 Å². The van der Waals surface area contributed by atoms with Gasteiger partial charge in [-0.2, -0.15) is 0 Å². The third kappa shape index (κ3) is 5.53. The highest BCUT2D eigenvalue weighted by Crippen LogP contribution is 2.29. The van der Waals surface area contributed by atoms with E-state index in [1.807, 2.05) is 49.4 Å². The summed E-state index contributed by atoms with van der Waals surface area (Å²) >= 11 is 0. The molecular formula is C23H28N4O4. The average molecular weight is 425 g/mol. The molecule has 1 aromatic heterocycles. The molecule has 8 nitrogen and oxygen atoms in total. The van der Waals surface area contributed by atoms with E-state index in [9.17, 15) is 5.11 Å². The summed E-state index contributed by atoms with van der Waals surface area (Å²) in [5.74, 6) is 2.02. The van der Waals surface area contributed by atoms with E-state index in [-0.39, 0.29) is 6.61 Å². The van der Waals surface area contributed by atoms with Crippen LogP contribution in [0.3, 0.4) is 0 Å². The Kier molecular flexibility index (Phi) is 7.01. The minimum atomic E-state index is -0.575. The third-order valence-electron chi connectivity index (χ3n) is 5.23. The summed E-state index contributed by atoms with van der Waals surface area (Å²) in [5.41, 5.74) is 1.92. The lowest BCUT2D eigenvalue weighted by molar-refractivity contribution is 0.0663. The maximum atomic E-state index is 10.5. The van der Waals surface area contributed by atoms with Crippen LogP contribution < -0.4 is 14.4 Å². The minimum Gasteiger partial charge on any atom is -0.492 e. The van der Waals surface area contributed by atoms with Crippen LogP contribution in [-0.4, -0.2) is 72.2 Å². The highest BCUT2D eigenvalue weighted by Gasteiger charge is 2.21. The quantitative estimate of drug-likeness (QED) is 0.561. The fourth-order valence-electron chi connectivity index (χ4n) is 3.73. The number of aromatic nitrogens is 2. The molecule has 1 unspecified atom stereocenters. The van der Waals surface area contributed by atoms with Crippen molar-refractivity contribution >= 4 is 5.69 Å². The monoisotopic (exact) mass is 424 g/mol. The number of ether oxygens (including phenoxy) is 2. The van der Waals surface area contributed by atoms with E-state index >= 15 is 0 Å². The first-order valence-corrected chi connectivity index (χ1v) is 10.6. The standard InChI is InChI=1S/C23H28N4O4/c1-2-29-22-9-4-3-8-21(22)27-12-10-26(11-13-27)15-19(28)16-30-20-7-5-6-18(14-20)23-25-24-17-31-23/h3-9,14,17,19,28H,2,10-13,15-16H2,1H3. The lowest BCUT2D eigenvalue weighted by Gasteiger charge is -2.37. The van der Waals surface area contributed by atoms with E-state index in [0.29, 0.717) is 24.8 Å². The first kappa shape index (κ1) is 21.1.